The van der Waals surface area contributed by atoms with Gasteiger partial charge in [-0.05, 0) is 23.6 Å². The van der Waals surface area contributed by atoms with Gasteiger partial charge in [-0.15, -0.1) is 0 Å². The summed E-state index contributed by atoms with van der Waals surface area (Å²) in [5.41, 5.74) is 8.74. The first-order chi connectivity index (χ1) is 8.11. The van der Waals surface area contributed by atoms with Crippen molar-refractivity contribution in [3.63, 3.8) is 0 Å². The minimum atomic E-state index is 0.573. The van der Waals surface area contributed by atoms with E-state index in [1.54, 1.807) is 6.21 Å². The maximum absolute atomic E-state index is 5.53. The van der Waals surface area contributed by atoms with Gasteiger partial charge in [0.15, 0.2) is 0 Å². The minimum Gasteiger partial charge on any atom is -0.366 e. The molecule has 1 aromatic carbocycles. The molecular formula is C14H19N3. The molecule has 1 aromatic rings. The molecule has 0 aliphatic carbocycles. The van der Waals surface area contributed by atoms with E-state index in [1.807, 2.05) is 31.2 Å². The van der Waals surface area contributed by atoms with Crippen molar-refractivity contribution in [2.75, 3.05) is 0 Å². The molecule has 0 aliphatic rings. The minimum absolute atomic E-state index is 0.573. The molecule has 0 saturated heterocycles. The lowest BCUT2D eigenvalue weighted by molar-refractivity contribution is 0.805. The number of nitrogens with one attached hydrogen (secondary N) is 1. The van der Waals surface area contributed by atoms with Crippen LogP contribution in [0.1, 0.15) is 18.1 Å². The van der Waals surface area contributed by atoms with Gasteiger partial charge in [0.25, 0.3) is 0 Å². The molecule has 3 heteroatoms. The van der Waals surface area contributed by atoms with Gasteiger partial charge in [-0.2, -0.15) is 0 Å². The van der Waals surface area contributed by atoms with E-state index in [4.69, 9.17) is 5.73 Å². The molecule has 3 nitrogen and oxygen atoms in total. The largest absolute Gasteiger partial charge is 0.366 e. The molecule has 0 aliphatic heterocycles. The summed E-state index contributed by atoms with van der Waals surface area (Å²) in [6.45, 7) is 10.7. The van der Waals surface area contributed by atoms with Crippen LogP contribution in [-0.4, -0.2) is 6.21 Å². The summed E-state index contributed by atoms with van der Waals surface area (Å²) in [5.74, 6) is 0.635. The Kier molecular flexibility index (Phi) is 5.17. The number of rotatable bonds is 6. The van der Waals surface area contributed by atoms with Gasteiger partial charge in [0.05, 0.1) is 0 Å². The molecule has 1 rings (SSSR count). The second-order valence-electron chi connectivity index (χ2n) is 3.93. The summed E-state index contributed by atoms with van der Waals surface area (Å²) in [7, 11) is 0. The summed E-state index contributed by atoms with van der Waals surface area (Å²) in [6.07, 6.45) is 1.69. The average molecular weight is 229 g/mol. The lowest BCUT2D eigenvalue weighted by atomic mass is 10.1. The molecule has 0 amide bonds. The molecule has 0 bridgehead atoms. The second-order valence-corrected chi connectivity index (χ2v) is 3.93. The Bertz CT molecular complexity index is 416. The van der Waals surface area contributed by atoms with E-state index in [0.29, 0.717) is 18.9 Å². The zero-order chi connectivity index (χ0) is 12.7. The van der Waals surface area contributed by atoms with E-state index in [2.05, 4.69) is 23.5 Å². The summed E-state index contributed by atoms with van der Waals surface area (Å²) < 4.78 is 0. The Labute approximate surface area is 103 Å². The van der Waals surface area contributed by atoms with Gasteiger partial charge >= 0.3 is 0 Å². The molecule has 0 atom stereocenters. The number of aliphatic imine (C=N–C) groups is 1. The van der Waals surface area contributed by atoms with Crippen LogP contribution >= 0.6 is 0 Å². The van der Waals surface area contributed by atoms with Crippen molar-refractivity contribution in [2.45, 2.75) is 20.0 Å². The Morgan fingerprint density at radius 1 is 1.29 bits per heavy atom. The van der Waals surface area contributed by atoms with Gasteiger partial charge in [0, 0.05) is 19.3 Å². The van der Waals surface area contributed by atoms with Crippen LogP contribution in [0.15, 0.2) is 53.8 Å². The number of allylic oxidation sites excluding steroid dienone is 1. The van der Waals surface area contributed by atoms with Crippen LogP contribution in [0.2, 0.25) is 0 Å². The maximum Gasteiger partial charge on any atom is 0.118 e. The fraction of sp³-hybridized carbons (Fsp3) is 0.214. The zero-order valence-electron chi connectivity index (χ0n) is 10.2. The maximum atomic E-state index is 5.53. The monoisotopic (exact) mass is 229 g/mol. The highest BCUT2D eigenvalue weighted by atomic mass is 15.0. The van der Waals surface area contributed by atoms with Gasteiger partial charge < -0.3 is 11.1 Å². The Balaban J connectivity index is 2.44. The van der Waals surface area contributed by atoms with Crippen molar-refractivity contribution in [3.05, 3.63) is 59.9 Å². The Hall–Kier alpha value is -1.87. The molecule has 0 fully saturated rings. The van der Waals surface area contributed by atoms with Crippen molar-refractivity contribution in [1.82, 2.24) is 5.32 Å². The number of nitrogens with zero attached hydrogens (tertiary/aromatic N) is 1. The number of hydrogen-bond acceptors (Lipinski definition) is 3. The summed E-state index contributed by atoms with van der Waals surface area (Å²) in [6, 6.07) is 8.14. The van der Waals surface area contributed by atoms with Gasteiger partial charge in [-0.25, -0.2) is 4.99 Å². The van der Waals surface area contributed by atoms with Gasteiger partial charge in [0.1, 0.15) is 5.82 Å². The highest BCUT2D eigenvalue weighted by Crippen LogP contribution is 2.04. The number of hydrogen-bond donors (Lipinski definition) is 2. The van der Waals surface area contributed by atoms with E-state index in [-0.39, 0.29) is 0 Å². The van der Waals surface area contributed by atoms with Crippen LogP contribution in [-0.2, 0) is 13.1 Å². The third-order valence-corrected chi connectivity index (χ3v) is 2.20. The van der Waals surface area contributed by atoms with Crippen molar-refractivity contribution in [3.8, 4) is 0 Å². The zero-order valence-corrected chi connectivity index (χ0v) is 10.2. The smallest absolute Gasteiger partial charge is 0.118 e. The summed E-state index contributed by atoms with van der Waals surface area (Å²) in [5, 5.41) is 3.13. The number of nitrogens with two attached hydrogens (primary N) is 1. The number of benzene rings is 1. The highest BCUT2D eigenvalue weighted by molar-refractivity contribution is 5.77. The SMILES string of the molecule is C=C(C)/C=N\C(=C)NCc1ccc(CN)cc1. The molecule has 0 heterocycles. The van der Waals surface area contributed by atoms with Crippen molar-refractivity contribution >= 4 is 6.21 Å². The third kappa shape index (κ3) is 5.13. The van der Waals surface area contributed by atoms with Gasteiger partial charge in [-0.3, -0.25) is 0 Å². The van der Waals surface area contributed by atoms with Gasteiger partial charge in [-0.1, -0.05) is 37.4 Å². The standard InChI is InChI=1S/C14H19N3/c1-11(2)9-16-12(3)17-10-14-6-4-13(8-15)5-7-14/h4-7,9,17H,1,3,8,10,15H2,2H3/b16-9-. The average Bonchev–Trinajstić information content (AvgIpc) is 2.34. The summed E-state index contributed by atoms with van der Waals surface area (Å²) >= 11 is 0. The third-order valence-electron chi connectivity index (χ3n) is 2.20. The molecule has 0 saturated carbocycles. The van der Waals surface area contributed by atoms with Crippen LogP contribution < -0.4 is 11.1 Å². The predicted octanol–water partition coefficient (Wildman–Crippen LogP) is 2.35. The van der Waals surface area contributed by atoms with E-state index < -0.39 is 0 Å². The van der Waals surface area contributed by atoms with Gasteiger partial charge in [0.2, 0.25) is 0 Å². The van der Waals surface area contributed by atoms with Crippen LogP contribution in [0.5, 0.6) is 0 Å². The molecule has 0 spiro atoms. The van der Waals surface area contributed by atoms with E-state index in [1.165, 1.54) is 5.56 Å². The fourth-order valence-electron chi connectivity index (χ4n) is 1.23. The topological polar surface area (TPSA) is 50.4 Å². The molecule has 90 valence electrons. The van der Waals surface area contributed by atoms with Crippen LogP contribution in [0.4, 0.5) is 0 Å². The van der Waals surface area contributed by atoms with Crippen molar-refractivity contribution in [1.29, 1.82) is 0 Å². The first-order valence-electron chi connectivity index (χ1n) is 5.52. The van der Waals surface area contributed by atoms with E-state index in [0.717, 1.165) is 11.1 Å². The first kappa shape index (κ1) is 13.2. The molecule has 0 radical (unpaired) electrons. The molecule has 17 heavy (non-hydrogen) atoms. The first-order valence-corrected chi connectivity index (χ1v) is 5.52. The molecule has 0 unspecified atom stereocenters. The second kappa shape index (κ2) is 6.66. The fourth-order valence-corrected chi connectivity index (χ4v) is 1.23. The van der Waals surface area contributed by atoms with Crippen LogP contribution in [0.3, 0.4) is 0 Å². The molecule has 3 N–H and O–H groups in total. The predicted molar refractivity (Wildman–Crippen MR) is 73.6 cm³/mol. The summed E-state index contributed by atoms with van der Waals surface area (Å²) in [4.78, 5) is 4.12. The van der Waals surface area contributed by atoms with Crippen LogP contribution in [0.25, 0.3) is 0 Å². The lowest BCUT2D eigenvalue weighted by Crippen LogP contribution is -2.10. The van der Waals surface area contributed by atoms with Crippen molar-refractivity contribution < 1.29 is 0 Å². The van der Waals surface area contributed by atoms with E-state index >= 15 is 0 Å². The molecular weight excluding hydrogens is 210 g/mol. The Morgan fingerprint density at radius 3 is 2.41 bits per heavy atom. The molecule has 0 aromatic heterocycles. The van der Waals surface area contributed by atoms with Crippen LogP contribution in [0, 0.1) is 0 Å². The van der Waals surface area contributed by atoms with Crippen molar-refractivity contribution in [2.24, 2.45) is 10.7 Å². The lowest BCUT2D eigenvalue weighted by Gasteiger charge is -2.06. The normalized spacial score (nSPS) is 10.5. The Morgan fingerprint density at radius 2 is 1.88 bits per heavy atom. The van der Waals surface area contributed by atoms with E-state index in [9.17, 15) is 0 Å². The quantitative estimate of drug-likeness (QED) is 0.736. The highest BCUT2D eigenvalue weighted by Gasteiger charge is 1.94.